The molecule has 3 aromatic heterocycles. The third-order valence-electron chi connectivity index (χ3n) is 2.56. The molecule has 0 bridgehead atoms. The van der Waals surface area contributed by atoms with Crippen LogP contribution in [0.15, 0.2) is 18.7 Å². The molecule has 3 heterocycles. The summed E-state index contributed by atoms with van der Waals surface area (Å²) >= 11 is 0. The summed E-state index contributed by atoms with van der Waals surface area (Å²) in [5, 5.41) is 8.31. The molecule has 0 radical (unpaired) electrons. The van der Waals surface area contributed by atoms with Gasteiger partial charge >= 0.3 is 0 Å². The van der Waals surface area contributed by atoms with Gasteiger partial charge in [0.1, 0.15) is 12.7 Å². The van der Waals surface area contributed by atoms with E-state index in [1.54, 1.807) is 4.68 Å². The van der Waals surface area contributed by atoms with Crippen molar-refractivity contribution in [1.29, 1.82) is 0 Å². The van der Waals surface area contributed by atoms with Gasteiger partial charge in [0.05, 0.1) is 5.69 Å². The highest BCUT2D eigenvalue weighted by molar-refractivity contribution is 5.32. The zero-order chi connectivity index (χ0) is 14.1. The second-order valence-corrected chi connectivity index (χ2v) is 4.08. The molecule has 0 spiro atoms. The number of hydrogen-bond donors (Lipinski definition) is 2. The Labute approximate surface area is 113 Å². The van der Waals surface area contributed by atoms with E-state index in [1.165, 1.54) is 17.3 Å². The minimum absolute atomic E-state index is 0.216. The van der Waals surface area contributed by atoms with Crippen LogP contribution < -0.4 is 11.3 Å². The number of nitrogens with zero attached hydrogens (tertiary/aromatic N) is 8. The van der Waals surface area contributed by atoms with Crippen LogP contribution in [0.1, 0.15) is 11.4 Å². The SMILES string of the molecule is Cc1cc(C)n(-c2nc(NN)nc(-n3cncn3)n2)n1. The first kappa shape index (κ1) is 12.2. The summed E-state index contributed by atoms with van der Waals surface area (Å²) in [7, 11) is 0. The molecule has 0 aliphatic carbocycles. The van der Waals surface area contributed by atoms with E-state index in [2.05, 4.69) is 35.6 Å². The van der Waals surface area contributed by atoms with Crippen molar-refractivity contribution in [2.75, 3.05) is 5.43 Å². The lowest BCUT2D eigenvalue weighted by atomic mass is 10.4. The number of rotatable bonds is 3. The number of aryl methyl sites for hydroxylation is 2. The van der Waals surface area contributed by atoms with Crippen LogP contribution >= 0.6 is 0 Å². The Morgan fingerprint density at radius 3 is 2.55 bits per heavy atom. The van der Waals surface area contributed by atoms with Gasteiger partial charge < -0.3 is 0 Å². The molecule has 10 heteroatoms. The van der Waals surface area contributed by atoms with Crippen molar-refractivity contribution in [3.05, 3.63) is 30.1 Å². The number of nitrogen functional groups attached to an aromatic ring is 1. The average Bonchev–Trinajstić information content (AvgIpc) is 3.08. The highest BCUT2D eigenvalue weighted by atomic mass is 15.4. The molecule has 0 unspecified atom stereocenters. The second-order valence-electron chi connectivity index (χ2n) is 4.08. The summed E-state index contributed by atoms with van der Waals surface area (Å²) in [5.41, 5.74) is 4.17. The monoisotopic (exact) mass is 272 g/mol. The minimum Gasteiger partial charge on any atom is -0.292 e. The third-order valence-corrected chi connectivity index (χ3v) is 2.56. The molecule has 0 saturated heterocycles. The molecule has 3 rings (SSSR count). The van der Waals surface area contributed by atoms with Crippen LogP contribution in [0.2, 0.25) is 0 Å². The van der Waals surface area contributed by atoms with Crippen LogP contribution in [0.5, 0.6) is 0 Å². The predicted molar refractivity (Wildman–Crippen MR) is 69.2 cm³/mol. The van der Waals surface area contributed by atoms with Gasteiger partial charge in [-0.05, 0) is 19.9 Å². The Morgan fingerprint density at radius 2 is 1.95 bits per heavy atom. The Balaban J connectivity index is 2.16. The maximum atomic E-state index is 5.38. The smallest absolute Gasteiger partial charge is 0.258 e. The normalized spacial score (nSPS) is 10.8. The number of hydrogen-bond acceptors (Lipinski definition) is 8. The van der Waals surface area contributed by atoms with E-state index in [1.807, 2.05) is 19.9 Å². The van der Waals surface area contributed by atoms with Gasteiger partial charge in [0.2, 0.25) is 5.95 Å². The predicted octanol–water partition coefficient (Wildman–Crippen LogP) is -0.460. The highest BCUT2D eigenvalue weighted by Crippen LogP contribution is 2.11. The maximum Gasteiger partial charge on any atom is 0.258 e. The molecule has 0 aliphatic rings. The molecule has 3 aromatic rings. The summed E-state index contributed by atoms with van der Waals surface area (Å²) in [6.45, 7) is 3.81. The van der Waals surface area contributed by atoms with Gasteiger partial charge in [0.25, 0.3) is 11.9 Å². The third kappa shape index (κ3) is 2.07. The summed E-state index contributed by atoms with van der Waals surface area (Å²) in [6.07, 6.45) is 2.88. The van der Waals surface area contributed by atoms with Crippen LogP contribution in [0.4, 0.5) is 5.95 Å². The summed E-state index contributed by atoms with van der Waals surface area (Å²) in [4.78, 5) is 16.5. The zero-order valence-electron chi connectivity index (χ0n) is 10.9. The van der Waals surface area contributed by atoms with E-state index >= 15 is 0 Å². The van der Waals surface area contributed by atoms with Crippen LogP contribution in [0, 0.1) is 13.8 Å². The van der Waals surface area contributed by atoms with Gasteiger partial charge in [0.15, 0.2) is 0 Å². The van der Waals surface area contributed by atoms with Crippen LogP contribution in [-0.2, 0) is 0 Å². The van der Waals surface area contributed by atoms with E-state index in [9.17, 15) is 0 Å². The Hall–Kier alpha value is -2.88. The highest BCUT2D eigenvalue weighted by Gasteiger charge is 2.12. The molecule has 0 atom stereocenters. The van der Waals surface area contributed by atoms with Crippen molar-refractivity contribution >= 4 is 5.95 Å². The molecule has 0 aliphatic heterocycles. The fourth-order valence-corrected chi connectivity index (χ4v) is 1.76. The molecular weight excluding hydrogens is 260 g/mol. The number of anilines is 1. The standard InChI is InChI=1S/C10H12N10/c1-6-3-7(2)20(18-6)10-15-8(17-11)14-9(16-10)19-5-12-4-13-19/h3-5H,11H2,1-2H3,(H,14,15,16,17). The number of hydrazine groups is 1. The van der Waals surface area contributed by atoms with Crippen LogP contribution in [0.25, 0.3) is 11.9 Å². The van der Waals surface area contributed by atoms with Crippen molar-refractivity contribution in [3.63, 3.8) is 0 Å². The maximum absolute atomic E-state index is 5.38. The number of nitrogens with one attached hydrogen (secondary N) is 1. The lowest BCUT2D eigenvalue weighted by Gasteiger charge is -2.07. The first-order valence-electron chi connectivity index (χ1n) is 5.78. The molecule has 0 amide bonds. The number of nitrogens with two attached hydrogens (primary N) is 1. The van der Waals surface area contributed by atoms with Gasteiger partial charge in [-0.15, -0.1) is 0 Å². The van der Waals surface area contributed by atoms with Crippen molar-refractivity contribution in [2.24, 2.45) is 5.84 Å². The summed E-state index contributed by atoms with van der Waals surface area (Å²) in [6, 6.07) is 1.93. The van der Waals surface area contributed by atoms with Crippen LogP contribution in [0.3, 0.4) is 0 Å². The summed E-state index contributed by atoms with van der Waals surface area (Å²) in [5.74, 6) is 6.25. The van der Waals surface area contributed by atoms with E-state index in [0.717, 1.165) is 11.4 Å². The van der Waals surface area contributed by atoms with Gasteiger partial charge in [-0.2, -0.15) is 29.8 Å². The molecule has 0 fully saturated rings. The van der Waals surface area contributed by atoms with Gasteiger partial charge in [-0.25, -0.2) is 15.5 Å². The quantitative estimate of drug-likeness (QED) is 0.484. The molecule has 0 saturated carbocycles. The lowest BCUT2D eigenvalue weighted by molar-refractivity contribution is 0.729. The molecular formula is C10H12N10. The van der Waals surface area contributed by atoms with Crippen molar-refractivity contribution < 1.29 is 0 Å². The van der Waals surface area contributed by atoms with Gasteiger partial charge in [-0.1, -0.05) is 0 Å². The first-order valence-corrected chi connectivity index (χ1v) is 5.78. The Bertz CT molecular complexity index is 729. The molecule has 10 nitrogen and oxygen atoms in total. The number of aromatic nitrogens is 8. The summed E-state index contributed by atoms with van der Waals surface area (Å²) < 4.78 is 3.02. The van der Waals surface area contributed by atoms with Crippen LogP contribution in [-0.4, -0.2) is 39.5 Å². The van der Waals surface area contributed by atoms with Gasteiger partial charge in [0, 0.05) is 5.69 Å². The fraction of sp³-hybridized carbons (Fsp3) is 0.200. The average molecular weight is 272 g/mol. The first-order chi connectivity index (χ1) is 9.67. The van der Waals surface area contributed by atoms with E-state index in [4.69, 9.17) is 5.84 Å². The topological polar surface area (TPSA) is 125 Å². The van der Waals surface area contributed by atoms with E-state index < -0.39 is 0 Å². The van der Waals surface area contributed by atoms with Gasteiger partial charge in [-0.3, -0.25) is 5.43 Å². The largest absolute Gasteiger partial charge is 0.292 e. The molecule has 102 valence electrons. The van der Waals surface area contributed by atoms with Crippen molar-refractivity contribution in [3.8, 4) is 11.9 Å². The Kier molecular flexibility index (Phi) is 2.84. The van der Waals surface area contributed by atoms with E-state index in [0.29, 0.717) is 11.9 Å². The second kappa shape index (κ2) is 4.66. The van der Waals surface area contributed by atoms with Crippen molar-refractivity contribution in [1.82, 2.24) is 39.5 Å². The Morgan fingerprint density at radius 1 is 1.15 bits per heavy atom. The fourth-order valence-electron chi connectivity index (χ4n) is 1.76. The molecule has 3 N–H and O–H groups in total. The van der Waals surface area contributed by atoms with Crippen molar-refractivity contribution in [2.45, 2.75) is 13.8 Å². The minimum atomic E-state index is 0.216. The molecule has 0 aromatic carbocycles. The zero-order valence-corrected chi connectivity index (χ0v) is 10.9. The van der Waals surface area contributed by atoms with E-state index in [-0.39, 0.29) is 5.95 Å². The lowest BCUT2D eigenvalue weighted by Crippen LogP contribution is -2.17. The molecule has 20 heavy (non-hydrogen) atoms.